The van der Waals surface area contributed by atoms with Gasteiger partial charge in [0, 0.05) is 7.05 Å². The second kappa shape index (κ2) is 3.48. The third-order valence-electron chi connectivity index (χ3n) is 1.84. The van der Waals surface area contributed by atoms with Crippen molar-refractivity contribution in [2.75, 3.05) is 0 Å². The molecule has 0 saturated heterocycles. The first kappa shape index (κ1) is 12.5. The van der Waals surface area contributed by atoms with Gasteiger partial charge in [-0.3, -0.25) is 4.68 Å². The normalized spacial score (nSPS) is 13.3. The summed E-state index contributed by atoms with van der Waals surface area (Å²) in [5.74, 6) is 0. The number of hydrogen-bond acceptors (Lipinski definition) is 2. The monoisotopic (exact) mass is 286 g/mol. The van der Waals surface area contributed by atoms with Crippen molar-refractivity contribution >= 4 is 15.9 Å². The van der Waals surface area contributed by atoms with Crippen LogP contribution >= 0.6 is 15.9 Å². The number of hydrogen-bond donors (Lipinski definition) is 1. The highest BCUT2D eigenvalue weighted by Gasteiger charge is 2.40. The topological polar surface area (TPSA) is 38.0 Å². The Kier molecular flexibility index (Phi) is 2.90. The van der Waals surface area contributed by atoms with Crippen LogP contribution in [0.25, 0.3) is 0 Å². The molecule has 1 aromatic rings. The van der Waals surface area contributed by atoms with Crippen LogP contribution in [-0.2, 0) is 18.8 Å². The molecule has 1 rings (SSSR count). The third-order valence-corrected chi connectivity index (χ3v) is 2.59. The summed E-state index contributed by atoms with van der Waals surface area (Å²) in [6.07, 6.45) is -4.53. The Hall–Kier alpha value is -0.560. The van der Waals surface area contributed by atoms with Gasteiger partial charge in [0.15, 0.2) is 5.69 Å². The van der Waals surface area contributed by atoms with Crippen molar-refractivity contribution in [2.24, 2.45) is 7.05 Å². The molecule has 0 aliphatic heterocycles. The zero-order valence-electron chi connectivity index (χ0n) is 8.35. The molecule has 15 heavy (non-hydrogen) atoms. The number of rotatable bonds is 1. The Bertz CT molecular complexity index is 378. The highest BCUT2D eigenvalue weighted by Crippen LogP contribution is 2.38. The first-order valence-electron chi connectivity index (χ1n) is 4.07. The molecule has 86 valence electrons. The molecule has 0 atom stereocenters. The highest BCUT2D eigenvalue weighted by molar-refractivity contribution is 9.10. The Morgan fingerprint density at radius 3 is 2.00 bits per heavy atom. The van der Waals surface area contributed by atoms with Gasteiger partial charge in [0.05, 0.1) is 10.2 Å². The first-order chi connectivity index (χ1) is 6.55. The Morgan fingerprint density at radius 2 is 1.80 bits per heavy atom. The SMILES string of the molecule is Cn1nc(C(F)(F)F)c(Br)c1C(C)(C)O. The van der Waals surface area contributed by atoms with Gasteiger partial charge in [-0.05, 0) is 29.8 Å². The van der Waals surface area contributed by atoms with Crippen molar-refractivity contribution in [3.63, 3.8) is 0 Å². The molecule has 3 nitrogen and oxygen atoms in total. The van der Waals surface area contributed by atoms with Crippen LogP contribution in [0.3, 0.4) is 0 Å². The lowest BCUT2D eigenvalue weighted by Gasteiger charge is -2.18. The van der Waals surface area contributed by atoms with Crippen molar-refractivity contribution in [1.29, 1.82) is 0 Å². The van der Waals surface area contributed by atoms with E-state index in [1.54, 1.807) is 0 Å². The summed E-state index contributed by atoms with van der Waals surface area (Å²) in [6, 6.07) is 0. The van der Waals surface area contributed by atoms with E-state index in [1.165, 1.54) is 20.9 Å². The minimum Gasteiger partial charge on any atom is -0.384 e. The maximum absolute atomic E-state index is 12.4. The van der Waals surface area contributed by atoms with E-state index >= 15 is 0 Å². The molecule has 1 aromatic heterocycles. The van der Waals surface area contributed by atoms with Crippen LogP contribution in [0, 0.1) is 0 Å². The minimum atomic E-state index is -4.53. The van der Waals surface area contributed by atoms with E-state index in [4.69, 9.17) is 0 Å². The molecule has 0 radical (unpaired) electrons. The average Bonchev–Trinajstić information content (AvgIpc) is 2.22. The van der Waals surface area contributed by atoms with Gasteiger partial charge in [0.1, 0.15) is 5.60 Å². The van der Waals surface area contributed by atoms with Gasteiger partial charge in [-0.2, -0.15) is 18.3 Å². The predicted octanol–water partition coefficient (Wildman–Crippen LogP) is 2.43. The maximum Gasteiger partial charge on any atom is 0.436 e. The number of aromatic nitrogens is 2. The van der Waals surface area contributed by atoms with Gasteiger partial charge in [0.2, 0.25) is 0 Å². The quantitative estimate of drug-likeness (QED) is 0.861. The number of halogens is 4. The van der Waals surface area contributed by atoms with Gasteiger partial charge >= 0.3 is 6.18 Å². The zero-order chi connectivity index (χ0) is 12.0. The van der Waals surface area contributed by atoms with Crippen LogP contribution in [0.2, 0.25) is 0 Å². The summed E-state index contributed by atoms with van der Waals surface area (Å²) in [6.45, 7) is 2.80. The highest BCUT2D eigenvalue weighted by atomic mass is 79.9. The summed E-state index contributed by atoms with van der Waals surface area (Å²) in [4.78, 5) is 0. The molecule has 0 aromatic carbocycles. The summed E-state index contributed by atoms with van der Waals surface area (Å²) >= 11 is 2.81. The lowest BCUT2D eigenvalue weighted by atomic mass is 10.1. The van der Waals surface area contributed by atoms with E-state index in [2.05, 4.69) is 21.0 Å². The van der Waals surface area contributed by atoms with Gasteiger partial charge < -0.3 is 5.11 Å². The first-order valence-corrected chi connectivity index (χ1v) is 4.87. The van der Waals surface area contributed by atoms with Crippen LogP contribution in [0.4, 0.5) is 13.2 Å². The van der Waals surface area contributed by atoms with Crippen LogP contribution in [0.1, 0.15) is 25.2 Å². The summed E-state index contributed by atoms with van der Waals surface area (Å²) in [5.41, 5.74) is -2.32. The molecule has 0 amide bonds. The Balaban J connectivity index is 3.41. The smallest absolute Gasteiger partial charge is 0.384 e. The fourth-order valence-electron chi connectivity index (χ4n) is 1.34. The average molecular weight is 287 g/mol. The van der Waals surface area contributed by atoms with E-state index in [9.17, 15) is 18.3 Å². The van der Waals surface area contributed by atoms with E-state index < -0.39 is 17.5 Å². The van der Waals surface area contributed by atoms with Gasteiger partial charge in [-0.25, -0.2) is 0 Å². The maximum atomic E-state index is 12.4. The molecule has 0 aliphatic rings. The van der Waals surface area contributed by atoms with Crippen LogP contribution in [0.15, 0.2) is 4.47 Å². The van der Waals surface area contributed by atoms with E-state index in [0.717, 1.165) is 4.68 Å². The van der Waals surface area contributed by atoms with Crippen molar-refractivity contribution in [3.05, 3.63) is 15.9 Å². The molecule has 0 fully saturated rings. The van der Waals surface area contributed by atoms with Crippen LogP contribution in [-0.4, -0.2) is 14.9 Å². The summed E-state index contributed by atoms with van der Waals surface area (Å²) < 4.78 is 38.1. The van der Waals surface area contributed by atoms with Crippen LogP contribution in [0.5, 0.6) is 0 Å². The Labute approximate surface area is 93.0 Å². The third kappa shape index (κ3) is 2.34. The second-order valence-corrected chi connectivity index (χ2v) is 4.48. The largest absolute Gasteiger partial charge is 0.436 e. The molecule has 0 bridgehead atoms. The standard InChI is InChI=1S/C8H10BrF3N2O/c1-7(2,15)6-4(9)5(8(10,11)12)13-14(6)3/h15H,1-3H3. The van der Waals surface area contributed by atoms with E-state index in [1.807, 2.05) is 0 Å². The van der Waals surface area contributed by atoms with Crippen molar-refractivity contribution in [2.45, 2.75) is 25.6 Å². The molecule has 0 spiro atoms. The molecule has 1 heterocycles. The molecular formula is C8H10BrF3N2O. The summed E-state index contributed by atoms with van der Waals surface area (Å²) in [5, 5.41) is 13.0. The minimum absolute atomic E-state index is 0.0924. The van der Waals surface area contributed by atoms with Crippen molar-refractivity contribution in [3.8, 4) is 0 Å². The van der Waals surface area contributed by atoms with E-state index in [-0.39, 0.29) is 10.2 Å². The van der Waals surface area contributed by atoms with Gasteiger partial charge in [0.25, 0.3) is 0 Å². The molecule has 1 N–H and O–H groups in total. The number of aliphatic hydroxyl groups is 1. The fourth-order valence-corrected chi connectivity index (χ4v) is 2.39. The Morgan fingerprint density at radius 1 is 1.33 bits per heavy atom. The predicted molar refractivity (Wildman–Crippen MR) is 51.2 cm³/mol. The molecule has 7 heteroatoms. The summed E-state index contributed by atoms with van der Waals surface area (Å²) in [7, 11) is 1.35. The van der Waals surface area contributed by atoms with Crippen molar-refractivity contribution < 1.29 is 18.3 Å². The number of alkyl halides is 3. The number of aryl methyl sites for hydroxylation is 1. The fraction of sp³-hybridized carbons (Fsp3) is 0.625. The van der Waals surface area contributed by atoms with E-state index in [0.29, 0.717) is 0 Å². The number of nitrogens with zero attached hydrogens (tertiary/aromatic N) is 2. The van der Waals surface area contributed by atoms with Crippen molar-refractivity contribution in [1.82, 2.24) is 9.78 Å². The van der Waals surface area contributed by atoms with Gasteiger partial charge in [-0.15, -0.1) is 0 Å². The van der Waals surface area contributed by atoms with Gasteiger partial charge in [-0.1, -0.05) is 0 Å². The lowest BCUT2D eigenvalue weighted by molar-refractivity contribution is -0.142. The zero-order valence-corrected chi connectivity index (χ0v) is 9.94. The molecule has 0 aliphatic carbocycles. The molecule has 0 saturated carbocycles. The van der Waals surface area contributed by atoms with Crippen LogP contribution < -0.4 is 0 Å². The molecule has 0 unspecified atom stereocenters. The second-order valence-electron chi connectivity index (χ2n) is 3.69. The molecular weight excluding hydrogens is 277 g/mol. The lowest BCUT2D eigenvalue weighted by Crippen LogP contribution is -2.20.